The third kappa shape index (κ3) is 7.51. The first-order valence-electron chi connectivity index (χ1n) is 8.74. The predicted molar refractivity (Wildman–Crippen MR) is 103 cm³/mol. The minimum Gasteiger partial charge on any atom is -0.303 e. The molecule has 1 amide bonds. The lowest BCUT2D eigenvalue weighted by Crippen LogP contribution is -2.25. The predicted octanol–water partition coefficient (Wildman–Crippen LogP) is 3.98. The van der Waals surface area contributed by atoms with Gasteiger partial charge in [0.25, 0.3) is 5.91 Å². The van der Waals surface area contributed by atoms with Gasteiger partial charge in [0.1, 0.15) is 0 Å². The van der Waals surface area contributed by atoms with Crippen LogP contribution in [0.3, 0.4) is 0 Å². The fraction of sp³-hybridized carbons (Fsp3) is 0.526. The van der Waals surface area contributed by atoms with E-state index in [-0.39, 0.29) is 0 Å². The summed E-state index contributed by atoms with van der Waals surface area (Å²) in [5, 5.41) is 8.55. The number of unbranched alkanes of at least 4 members (excludes halogenated alkanes) is 1. The van der Waals surface area contributed by atoms with E-state index in [1.807, 2.05) is 17.8 Å². The Morgan fingerprint density at radius 3 is 2.67 bits per heavy atom. The van der Waals surface area contributed by atoms with Crippen LogP contribution in [0.15, 0.2) is 29.2 Å². The zero-order valence-electron chi connectivity index (χ0n) is 15.0. The van der Waals surface area contributed by atoms with Crippen molar-refractivity contribution in [1.82, 2.24) is 10.4 Å². The van der Waals surface area contributed by atoms with Gasteiger partial charge >= 0.3 is 0 Å². The Kier molecular flexibility index (Phi) is 10.5. The van der Waals surface area contributed by atoms with Crippen LogP contribution in [-0.4, -0.2) is 41.4 Å². The summed E-state index contributed by atoms with van der Waals surface area (Å²) < 4.78 is 0. The van der Waals surface area contributed by atoms with Crippen LogP contribution < -0.4 is 5.48 Å². The van der Waals surface area contributed by atoms with Gasteiger partial charge < -0.3 is 4.90 Å². The van der Waals surface area contributed by atoms with Gasteiger partial charge in [0, 0.05) is 23.3 Å². The van der Waals surface area contributed by atoms with Gasteiger partial charge in [-0.3, -0.25) is 10.0 Å². The smallest absolute Gasteiger partial charge is 0.267 e. The van der Waals surface area contributed by atoms with E-state index in [0.29, 0.717) is 0 Å². The van der Waals surface area contributed by atoms with Crippen molar-refractivity contribution in [2.75, 3.05) is 25.4 Å². The van der Waals surface area contributed by atoms with Gasteiger partial charge in [0.15, 0.2) is 0 Å². The molecule has 1 rings (SSSR count). The van der Waals surface area contributed by atoms with Crippen molar-refractivity contribution in [3.63, 3.8) is 0 Å². The first-order valence-corrected chi connectivity index (χ1v) is 9.73. The number of thioether (sulfide) groups is 1. The Morgan fingerprint density at radius 2 is 2.04 bits per heavy atom. The van der Waals surface area contributed by atoms with E-state index in [0.717, 1.165) is 50.2 Å². The fourth-order valence-corrected chi connectivity index (χ4v) is 3.52. The molecule has 0 unspecified atom stereocenters. The quantitative estimate of drug-likeness (QED) is 0.274. The van der Waals surface area contributed by atoms with Crippen molar-refractivity contribution in [2.45, 2.75) is 44.9 Å². The maximum absolute atomic E-state index is 11.1. The zero-order chi connectivity index (χ0) is 17.8. The number of rotatable bonds is 11. The highest BCUT2D eigenvalue weighted by Gasteiger charge is 2.06. The van der Waals surface area contributed by atoms with E-state index in [2.05, 4.69) is 37.8 Å². The molecule has 0 fully saturated rings. The Morgan fingerprint density at radius 1 is 1.29 bits per heavy atom. The average molecular weight is 351 g/mol. The van der Waals surface area contributed by atoms with E-state index in [9.17, 15) is 4.79 Å². The van der Waals surface area contributed by atoms with Gasteiger partial charge in [0.05, 0.1) is 0 Å². The molecule has 4 nitrogen and oxygen atoms in total. The maximum Gasteiger partial charge on any atom is 0.267 e. The van der Waals surface area contributed by atoms with Gasteiger partial charge in [-0.15, -0.1) is 11.8 Å². The topological polar surface area (TPSA) is 52.6 Å². The van der Waals surface area contributed by atoms with Crippen LogP contribution in [0.2, 0.25) is 0 Å². The minimum atomic E-state index is -0.511. The SMILES string of the molecule is CCCCc1cc(/C=C/C(=O)NO)ccc1SCCN(CC)CC. The number of amides is 1. The van der Waals surface area contributed by atoms with Crippen molar-refractivity contribution >= 4 is 23.7 Å². The van der Waals surface area contributed by atoms with Crippen molar-refractivity contribution in [3.05, 3.63) is 35.4 Å². The molecule has 24 heavy (non-hydrogen) atoms. The molecular weight excluding hydrogens is 320 g/mol. The molecule has 0 radical (unpaired) electrons. The maximum atomic E-state index is 11.1. The lowest BCUT2D eigenvalue weighted by atomic mass is 10.0. The number of benzene rings is 1. The number of carbonyl (C=O) groups is 1. The molecule has 2 N–H and O–H groups in total. The Bertz CT molecular complexity index is 528. The van der Waals surface area contributed by atoms with E-state index in [1.54, 1.807) is 11.6 Å². The second-order valence-electron chi connectivity index (χ2n) is 5.66. The Balaban J connectivity index is 2.78. The standard InChI is InChI=1S/C19H30N2O2S/c1-4-7-8-17-15-16(10-12-19(22)20-23)9-11-18(17)24-14-13-21(5-2)6-3/h9-12,15,23H,4-8,13-14H2,1-3H3,(H,20,22)/b12-10+. The van der Waals surface area contributed by atoms with Gasteiger partial charge in [-0.05, 0) is 49.2 Å². The number of carbonyl (C=O) groups excluding carboxylic acids is 1. The van der Waals surface area contributed by atoms with Crippen LogP contribution in [0.4, 0.5) is 0 Å². The second-order valence-corrected chi connectivity index (χ2v) is 6.79. The van der Waals surface area contributed by atoms with Crippen molar-refractivity contribution in [1.29, 1.82) is 0 Å². The summed E-state index contributed by atoms with van der Waals surface area (Å²) >= 11 is 1.91. The Labute approximate surface area is 150 Å². The number of hydroxylamine groups is 1. The van der Waals surface area contributed by atoms with Crippen molar-refractivity contribution < 1.29 is 10.0 Å². The molecule has 1 aromatic carbocycles. The van der Waals surface area contributed by atoms with Crippen molar-refractivity contribution in [2.24, 2.45) is 0 Å². The molecule has 0 spiro atoms. The van der Waals surface area contributed by atoms with Crippen LogP contribution in [0.25, 0.3) is 6.08 Å². The number of aryl methyl sites for hydroxylation is 1. The highest BCUT2D eigenvalue weighted by Crippen LogP contribution is 2.26. The van der Waals surface area contributed by atoms with E-state index in [1.165, 1.54) is 16.5 Å². The number of hydrogen-bond acceptors (Lipinski definition) is 4. The van der Waals surface area contributed by atoms with E-state index < -0.39 is 5.91 Å². The summed E-state index contributed by atoms with van der Waals surface area (Å²) in [4.78, 5) is 14.9. The first kappa shape index (κ1) is 20.7. The molecule has 1 aromatic rings. The number of nitrogens with one attached hydrogen (secondary N) is 1. The molecule has 0 aliphatic carbocycles. The van der Waals surface area contributed by atoms with E-state index >= 15 is 0 Å². The van der Waals surface area contributed by atoms with Gasteiger partial charge in [-0.25, -0.2) is 5.48 Å². The lowest BCUT2D eigenvalue weighted by Gasteiger charge is -2.18. The summed E-state index contributed by atoms with van der Waals surface area (Å²) in [5.74, 6) is 0.575. The molecule has 5 heteroatoms. The average Bonchev–Trinajstić information content (AvgIpc) is 2.62. The van der Waals surface area contributed by atoms with Gasteiger partial charge in [-0.1, -0.05) is 39.3 Å². The molecule has 134 valence electrons. The monoisotopic (exact) mass is 350 g/mol. The molecule has 0 heterocycles. The highest BCUT2D eigenvalue weighted by atomic mass is 32.2. The molecule has 0 atom stereocenters. The summed E-state index contributed by atoms with van der Waals surface area (Å²) in [6.07, 6.45) is 6.44. The molecule has 0 aliphatic heterocycles. The number of nitrogens with zero attached hydrogens (tertiary/aromatic N) is 1. The van der Waals surface area contributed by atoms with Gasteiger partial charge in [-0.2, -0.15) is 0 Å². The minimum absolute atomic E-state index is 0.511. The molecular formula is C19H30N2O2S. The molecule has 0 saturated heterocycles. The third-order valence-corrected chi connectivity index (χ3v) is 5.08. The molecule has 0 aromatic heterocycles. The molecule has 0 bridgehead atoms. The van der Waals surface area contributed by atoms with Crippen LogP contribution in [0.5, 0.6) is 0 Å². The summed E-state index contributed by atoms with van der Waals surface area (Å²) in [7, 11) is 0. The van der Waals surface area contributed by atoms with Crippen molar-refractivity contribution in [3.8, 4) is 0 Å². The zero-order valence-corrected chi connectivity index (χ0v) is 15.9. The highest BCUT2D eigenvalue weighted by molar-refractivity contribution is 7.99. The Hall–Kier alpha value is -1.30. The summed E-state index contributed by atoms with van der Waals surface area (Å²) in [6.45, 7) is 9.88. The largest absolute Gasteiger partial charge is 0.303 e. The van der Waals surface area contributed by atoms with Gasteiger partial charge in [0.2, 0.25) is 0 Å². The number of hydrogen-bond donors (Lipinski definition) is 2. The first-order chi connectivity index (χ1) is 11.6. The van der Waals surface area contributed by atoms with Crippen LogP contribution in [0.1, 0.15) is 44.7 Å². The summed E-state index contributed by atoms with van der Waals surface area (Å²) in [6, 6.07) is 6.32. The van der Waals surface area contributed by atoms with Crippen LogP contribution in [-0.2, 0) is 11.2 Å². The van der Waals surface area contributed by atoms with Crippen LogP contribution >= 0.6 is 11.8 Å². The lowest BCUT2D eigenvalue weighted by molar-refractivity contribution is -0.124. The van der Waals surface area contributed by atoms with Crippen LogP contribution in [0, 0.1) is 0 Å². The fourth-order valence-electron chi connectivity index (χ4n) is 2.44. The second kappa shape index (κ2) is 12.1. The third-order valence-electron chi connectivity index (χ3n) is 3.98. The molecule has 0 saturated carbocycles. The summed E-state index contributed by atoms with van der Waals surface area (Å²) in [5.41, 5.74) is 3.94. The molecule has 0 aliphatic rings. The van der Waals surface area contributed by atoms with E-state index in [4.69, 9.17) is 5.21 Å². The normalized spacial score (nSPS) is 11.4.